The molecule has 132 valence electrons. The maximum Gasteiger partial charge on any atom is 0.262 e. The molecule has 2 aromatic rings. The van der Waals surface area contributed by atoms with Crippen molar-refractivity contribution in [3.8, 4) is 5.75 Å². The number of nitrogens with one attached hydrogen (secondary N) is 1. The second kappa shape index (κ2) is 8.68. The lowest BCUT2D eigenvalue weighted by atomic mass is 10.1. The zero-order chi connectivity index (χ0) is 17.6. The van der Waals surface area contributed by atoms with Gasteiger partial charge in [-0.05, 0) is 61.1 Å². The first-order valence-corrected chi connectivity index (χ1v) is 10.5. The summed E-state index contributed by atoms with van der Waals surface area (Å²) in [6, 6.07) is 14.1. The minimum Gasteiger partial charge on any atom is -0.484 e. The summed E-state index contributed by atoms with van der Waals surface area (Å²) in [5.74, 6) is 3.04. The van der Waals surface area contributed by atoms with E-state index in [1.807, 2.05) is 61.6 Å². The minimum atomic E-state index is -0.144. The Morgan fingerprint density at radius 3 is 2.52 bits per heavy atom. The molecule has 25 heavy (non-hydrogen) atoms. The molecule has 3 rings (SSSR count). The topological polar surface area (TPSA) is 38.3 Å². The average molecular weight is 374 g/mol. The Kier molecular flexibility index (Phi) is 6.32. The molecule has 1 aliphatic heterocycles. The number of ether oxygens (including phenoxy) is 1. The number of amides is 1. The van der Waals surface area contributed by atoms with Crippen molar-refractivity contribution >= 4 is 35.1 Å². The van der Waals surface area contributed by atoms with Gasteiger partial charge >= 0.3 is 0 Å². The van der Waals surface area contributed by atoms with Crippen LogP contribution in [0, 0.1) is 13.8 Å². The summed E-state index contributed by atoms with van der Waals surface area (Å²) in [5.41, 5.74) is 4.39. The molecule has 0 saturated carbocycles. The maximum absolute atomic E-state index is 12.1. The summed E-state index contributed by atoms with van der Waals surface area (Å²) in [5, 5.41) is 2.90. The Hall–Kier alpha value is -1.59. The van der Waals surface area contributed by atoms with E-state index in [0.717, 1.165) is 17.0 Å². The number of benzene rings is 2. The van der Waals surface area contributed by atoms with Gasteiger partial charge in [-0.1, -0.05) is 29.8 Å². The first-order chi connectivity index (χ1) is 12.1. The monoisotopic (exact) mass is 373 g/mol. The molecule has 0 radical (unpaired) electrons. The van der Waals surface area contributed by atoms with Crippen molar-refractivity contribution < 1.29 is 9.53 Å². The highest BCUT2D eigenvalue weighted by atomic mass is 32.2. The molecule has 0 atom stereocenters. The molecule has 2 aromatic carbocycles. The lowest BCUT2D eigenvalue weighted by molar-refractivity contribution is -0.118. The van der Waals surface area contributed by atoms with E-state index in [0.29, 0.717) is 4.58 Å². The molecular weight excluding hydrogens is 350 g/mol. The largest absolute Gasteiger partial charge is 0.484 e. The van der Waals surface area contributed by atoms with Gasteiger partial charge in [-0.25, -0.2) is 0 Å². The molecule has 3 nitrogen and oxygen atoms in total. The zero-order valence-electron chi connectivity index (χ0n) is 14.6. The minimum absolute atomic E-state index is 0.0135. The van der Waals surface area contributed by atoms with Crippen LogP contribution in [0.25, 0.3) is 0 Å². The average Bonchev–Trinajstić information content (AvgIpc) is 2.63. The molecule has 1 fully saturated rings. The summed E-state index contributed by atoms with van der Waals surface area (Å²) in [6.07, 6.45) is 1.29. The number of carbonyl (C=O) groups excluding carboxylic acids is 1. The van der Waals surface area contributed by atoms with Crippen molar-refractivity contribution in [2.75, 3.05) is 23.4 Å². The third kappa shape index (κ3) is 5.19. The fourth-order valence-electron chi connectivity index (χ4n) is 2.69. The van der Waals surface area contributed by atoms with E-state index in [1.165, 1.54) is 29.1 Å². The standard InChI is InChI=1S/C20H23NO2S2/c1-14-4-9-18(15(2)12-14)21-19(22)13-23-17-7-5-16(6-8-17)20-24-10-3-11-25-20/h4-9,12,20H,3,10-11,13H2,1-2H3,(H,21,22). The smallest absolute Gasteiger partial charge is 0.262 e. The van der Waals surface area contributed by atoms with Crippen molar-refractivity contribution in [1.82, 2.24) is 0 Å². The van der Waals surface area contributed by atoms with Crippen molar-refractivity contribution in [2.24, 2.45) is 0 Å². The predicted octanol–water partition coefficient (Wildman–Crippen LogP) is 5.19. The van der Waals surface area contributed by atoms with Gasteiger partial charge in [0.05, 0.1) is 4.58 Å². The highest BCUT2D eigenvalue weighted by Gasteiger charge is 2.16. The van der Waals surface area contributed by atoms with E-state index in [2.05, 4.69) is 23.5 Å². The van der Waals surface area contributed by atoms with Crippen LogP contribution in [0.15, 0.2) is 42.5 Å². The lowest BCUT2D eigenvalue weighted by Gasteiger charge is -2.21. The van der Waals surface area contributed by atoms with E-state index < -0.39 is 0 Å². The van der Waals surface area contributed by atoms with Crippen LogP contribution in [0.1, 0.15) is 27.7 Å². The number of hydrogen-bond acceptors (Lipinski definition) is 4. The fraction of sp³-hybridized carbons (Fsp3) is 0.350. The van der Waals surface area contributed by atoms with Gasteiger partial charge in [0.2, 0.25) is 0 Å². The number of thioether (sulfide) groups is 2. The van der Waals surface area contributed by atoms with Crippen LogP contribution in [0.4, 0.5) is 5.69 Å². The maximum atomic E-state index is 12.1. The number of rotatable bonds is 5. The molecule has 1 heterocycles. The quantitative estimate of drug-likeness (QED) is 0.783. The van der Waals surface area contributed by atoms with Crippen molar-refractivity contribution in [3.63, 3.8) is 0 Å². The molecule has 0 unspecified atom stereocenters. The van der Waals surface area contributed by atoms with E-state index in [4.69, 9.17) is 4.74 Å². The fourth-order valence-corrected chi connectivity index (χ4v) is 5.58. The van der Waals surface area contributed by atoms with Gasteiger partial charge in [-0.15, -0.1) is 23.5 Å². The lowest BCUT2D eigenvalue weighted by Crippen LogP contribution is -2.20. The Bertz CT molecular complexity index is 725. The van der Waals surface area contributed by atoms with Gasteiger partial charge in [0, 0.05) is 5.69 Å². The molecule has 0 aromatic heterocycles. The molecule has 0 bridgehead atoms. The summed E-state index contributed by atoms with van der Waals surface area (Å²) >= 11 is 4.00. The van der Waals surface area contributed by atoms with Crippen molar-refractivity contribution in [3.05, 3.63) is 59.2 Å². The Balaban J connectivity index is 1.51. The molecule has 1 amide bonds. The summed E-state index contributed by atoms with van der Waals surface area (Å²) in [4.78, 5) is 12.1. The molecule has 0 aliphatic carbocycles. The van der Waals surface area contributed by atoms with Gasteiger partial charge in [0.25, 0.3) is 5.91 Å². The first-order valence-electron chi connectivity index (χ1n) is 8.45. The van der Waals surface area contributed by atoms with Gasteiger partial charge in [0.1, 0.15) is 5.75 Å². The van der Waals surface area contributed by atoms with Crippen LogP contribution in [0.3, 0.4) is 0 Å². The second-order valence-electron chi connectivity index (χ2n) is 6.15. The number of carbonyl (C=O) groups is 1. The van der Waals surface area contributed by atoms with Crippen LogP contribution in [0.5, 0.6) is 5.75 Å². The Labute approximate surface area is 157 Å². The molecular formula is C20H23NO2S2. The normalized spacial score (nSPS) is 15.0. The number of hydrogen-bond donors (Lipinski definition) is 1. The van der Waals surface area contributed by atoms with Crippen LogP contribution in [0.2, 0.25) is 0 Å². The van der Waals surface area contributed by atoms with Gasteiger partial charge in [0.15, 0.2) is 6.61 Å². The third-order valence-electron chi connectivity index (χ3n) is 4.01. The van der Waals surface area contributed by atoms with E-state index >= 15 is 0 Å². The second-order valence-corrected chi connectivity index (χ2v) is 8.88. The van der Waals surface area contributed by atoms with E-state index in [9.17, 15) is 4.79 Å². The molecule has 1 N–H and O–H groups in total. The van der Waals surface area contributed by atoms with Gasteiger partial charge < -0.3 is 10.1 Å². The van der Waals surface area contributed by atoms with Gasteiger partial charge in [-0.3, -0.25) is 4.79 Å². The Morgan fingerprint density at radius 2 is 1.84 bits per heavy atom. The van der Waals surface area contributed by atoms with E-state index in [-0.39, 0.29) is 12.5 Å². The third-order valence-corrected chi connectivity index (χ3v) is 7.02. The number of aryl methyl sites for hydroxylation is 2. The highest BCUT2D eigenvalue weighted by molar-refractivity contribution is 8.16. The molecule has 5 heteroatoms. The SMILES string of the molecule is Cc1ccc(NC(=O)COc2ccc(C3SCCCS3)cc2)c(C)c1. The number of anilines is 1. The Morgan fingerprint density at radius 1 is 1.12 bits per heavy atom. The summed E-state index contributed by atoms with van der Waals surface area (Å²) in [7, 11) is 0. The van der Waals surface area contributed by atoms with Gasteiger partial charge in [-0.2, -0.15) is 0 Å². The predicted molar refractivity (Wildman–Crippen MR) is 109 cm³/mol. The van der Waals surface area contributed by atoms with Crippen LogP contribution < -0.4 is 10.1 Å². The van der Waals surface area contributed by atoms with Crippen LogP contribution in [-0.4, -0.2) is 24.0 Å². The summed E-state index contributed by atoms with van der Waals surface area (Å²) < 4.78 is 6.14. The molecule has 1 saturated heterocycles. The van der Waals surface area contributed by atoms with Crippen LogP contribution in [-0.2, 0) is 4.79 Å². The van der Waals surface area contributed by atoms with E-state index in [1.54, 1.807) is 0 Å². The van der Waals surface area contributed by atoms with Crippen molar-refractivity contribution in [2.45, 2.75) is 24.9 Å². The highest BCUT2D eigenvalue weighted by Crippen LogP contribution is 2.43. The van der Waals surface area contributed by atoms with Crippen LogP contribution >= 0.6 is 23.5 Å². The zero-order valence-corrected chi connectivity index (χ0v) is 16.2. The molecule has 0 spiro atoms. The summed E-state index contributed by atoms with van der Waals surface area (Å²) in [6.45, 7) is 4.04. The molecule has 1 aliphatic rings. The van der Waals surface area contributed by atoms with Crippen molar-refractivity contribution in [1.29, 1.82) is 0 Å². The first kappa shape index (κ1) is 18.2.